The number of ether oxygens (including phenoxy) is 2. The second-order valence-electron chi connectivity index (χ2n) is 9.41. The SMILES string of the molecule is O=C(CC#Cc1ccc2cc(-c3ccc(OCOC(=O)CN4C(=O)C=CC4=O)cc3F)ccc2c1)CN1C(=O)C=CC1=O. The second-order valence-corrected chi connectivity index (χ2v) is 9.41. The molecule has 214 valence electrons. The summed E-state index contributed by atoms with van der Waals surface area (Å²) in [4.78, 5) is 71.8. The second kappa shape index (κ2) is 12.3. The number of esters is 1. The van der Waals surface area contributed by atoms with Gasteiger partial charge in [0.2, 0.25) is 6.79 Å². The molecule has 0 fully saturated rings. The lowest BCUT2D eigenvalue weighted by molar-refractivity contribution is -0.156. The van der Waals surface area contributed by atoms with Crippen LogP contribution in [0.3, 0.4) is 0 Å². The molecule has 11 heteroatoms. The number of rotatable bonds is 9. The lowest BCUT2D eigenvalue weighted by Gasteiger charge is -2.13. The Morgan fingerprint density at radius 2 is 1.37 bits per heavy atom. The molecule has 0 spiro atoms. The predicted molar refractivity (Wildman–Crippen MR) is 149 cm³/mol. The molecule has 0 atom stereocenters. The normalized spacial score (nSPS) is 14.0. The van der Waals surface area contributed by atoms with Gasteiger partial charge < -0.3 is 9.47 Å². The maximum Gasteiger partial charge on any atom is 0.329 e. The van der Waals surface area contributed by atoms with E-state index in [0.717, 1.165) is 50.9 Å². The number of hydrogen-bond donors (Lipinski definition) is 0. The van der Waals surface area contributed by atoms with Gasteiger partial charge >= 0.3 is 5.97 Å². The first-order chi connectivity index (χ1) is 20.7. The van der Waals surface area contributed by atoms with Crippen LogP contribution >= 0.6 is 0 Å². The Hall–Kier alpha value is -5.89. The van der Waals surface area contributed by atoms with E-state index in [1.54, 1.807) is 12.1 Å². The van der Waals surface area contributed by atoms with E-state index in [9.17, 15) is 33.2 Å². The van der Waals surface area contributed by atoms with E-state index < -0.39 is 48.8 Å². The fourth-order valence-electron chi connectivity index (χ4n) is 4.30. The zero-order chi connectivity index (χ0) is 30.5. The van der Waals surface area contributed by atoms with Crippen LogP contribution in [0.4, 0.5) is 4.39 Å². The van der Waals surface area contributed by atoms with Gasteiger partial charge in [-0.25, -0.2) is 4.39 Å². The largest absolute Gasteiger partial charge is 0.457 e. The number of fused-ring (bicyclic) bond motifs is 1. The summed E-state index contributed by atoms with van der Waals surface area (Å²) in [5, 5.41) is 1.67. The molecular weight excluding hydrogens is 559 g/mol. The minimum atomic E-state index is -0.855. The number of nitrogens with zero attached hydrogens (tertiary/aromatic N) is 2. The number of carbonyl (C=O) groups is 6. The topological polar surface area (TPSA) is 127 Å². The van der Waals surface area contributed by atoms with Gasteiger partial charge in [-0.2, -0.15) is 0 Å². The summed E-state index contributed by atoms with van der Waals surface area (Å²) in [6.45, 7) is -1.41. The summed E-state index contributed by atoms with van der Waals surface area (Å²) in [6.07, 6.45) is 4.23. The number of imide groups is 2. The fraction of sp³-hybridized carbons (Fsp3) is 0.125. The molecule has 10 nitrogen and oxygen atoms in total. The molecule has 0 aliphatic carbocycles. The van der Waals surface area contributed by atoms with E-state index in [2.05, 4.69) is 11.8 Å². The summed E-state index contributed by atoms with van der Waals surface area (Å²) in [7, 11) is 0. The Labute approximate surface area is 243 Å². The Bertz CT molecular complexity index is 1800. The first-order valence-corrected chi connectivity index (χ1v) is 12.9. The van der Waals surface area contributed by atoms with E-state index in [-0.39, 0.29) is 24.5 Å². The Morgan fingerprint density at radius 1 is 0.744 bits per heavy atom. The third kappa shape index (κ3) is 6.71. The van der Waals surface area contributed by atoms with Crippen LogP contribution in [0.25, 0.3) is 21.9 Å². The first kappa shape index (κ1) is 28.6. The zero-order valence-corrected chi connectivity index (χ0v) is 22.4. The molecule has 0 aromatic heterocycles. The number of Topliss-reactive ketones (excluding diaryl/α,β-unsaturated/α-hetero) is 1. The molecule has 2 aliphatic rings. The number of carbonyl (C=O) groups excluding carboxylic acids is 6. The van der Waals surface area contributed by atoms with E-state index >= 15 is 0 Å². The summed E-state index contributed by atoms with van der Waals surface area (Å²) in [5.41, 5.74) is 1.59. The number of benzene rings is 3. The van der Waals surface area contributed by atoms with Gasteiger partial charge in [-0.1, -0.05) is 30.0 Å². The molecule has 2 heterocycles. The van der Waals surface area contributed by atoms with Crippen molar-refractivity contribution in [3.63, 3.8) is 0 Å². The van der Waals surface area contributed by atoms with Crippen LogP contribution in [0, 0.1) is 17.7 Å². The molecule has 4 amide bonds. The highest BCUT2D eigenvalue weighted by molar-refractivity contribution is 6.15. The molecule has 0 saturated heterocycles. The average molecular weight is 581 g/mol. The van der Waals surface area contributed by atoms with E-state index in [0.29, 0.717) is 16.7 Å². The average Bonchev–Trinajstić information content (AvgIpc) is 3.47. The minimum Gasteiger partial charge on any atom is -0.457 e. The molecule has 0 N–H and O–H groups in total. The van der Waals surface area contributed by atoms with Crippen molar-refractivity contribution < 1.29 is 42.6 Å². The highest BCUT2D eigenvalue weighted by atomic mass is 19.1. The lowest BCUT2D eigenvalue weighted by atomic mass is 9.99. The van der Waals surface area contributed by atoms with Gasteiger partial charge in [0, 0.05) is 41.5 Å². The molecule has 3 aromatic carbocycles. The monoisotopic (exact) mass is 580 g/mol. The van der Waals surface area contributed by atoms with Crippen molar-refractivity contribution in [3.8, 4) is 28.7 Å². The maximum atomic E-state index is 15.0. The van der Waals surface area contributed by atoms with Crippen molar-refractivity contribution in [2.24, 2.45) is 0 Å². The zero-order valence-electron chi connectivity index (χ0n) is 22.4. The van der Waals surface area contributed by atoms with Crippen LogP contribution in [0.15, 0.2) is 78.9 Å². The van der Waals surface area contributed by atoms with Crippen LogP contribution in [0.5, 0.6) is 5.75 Å². The molecule has 43 heavy (non-hydrogen) atoms. The van der Waals surface area contributed by atoms with E-state index in [1.807, 2.05) is 24.3 Å². The molecule has 2 aliphatic heterocycles. The fourth-order valence-corrected chi connectivity index (χ4v) is 4.30. The Balaban J connectivity index is 1.16. The summed E-state index contributed by atoms with van der Waals surface area (Å²) in [5.74, 6) is 1.75. The van der Waals surface area contributed by atoms with Crippen molar-refractivity contribution in [2.75, 3.05) is 19.9 Å². The van der Waals surface area contributed by atoms with Gasteiger partial charge in [0.1, 0.15) is 18.1 Å². The highest BCUT2D eigenvalue weighted by Gasteiger charge is 2.26. The predicted octanol–water partition coefficient (Wildman–Crippen LogP) is 2.69. The molecule has 3 aromatic rings. The summed E-state index contributed by atoms with van der Waals surface area (Å²) >= 11 is 0. The van der Waals surface area contributed by atoms with Crippen LogP contribution in [0.2, 0.25) is 0 Å². The van der Waals surface area contributed by atoms with Crippen LogP contribution in [-0.4, -0.2) is 65.1 Å². The van der Waals surface area contributed by atoms with E-state index in [4.69, 9.17) is 9.47 Å². The van der Waals surface area contributed by atoms with Gasteiger partial charge in [0.25, 0.3) is 23.6 Å². The number of ketones is 1. The molecule has 0 saturated carbocycles. The standard InChI is InChI=1S/C32H21FN2O8/c33-27-16-25(42-19-43-32(41)18-35-30(39)12-13-31(35)40)8-9-26(27)23-7-6-21-14-20(4-5-22(21)15-23)2-1-3-24(36)17-34-28(37)10-11-29(34)38/h4-16H,3,17-19H2. The minimum absolute atomic E-state index is 0.113. The molecular formula is C32H21FN2O8. The van der Waals surface area contributed by atoms with Crippen molar-refractivity contribution in [1.29, 1.82) is 0 Å². The van der Waals surface area contributed by atoms with Crippen LogP contribution in [0.1, 0.15) is 12.0 Å². The van der Waals surface area contributed by atoms with Gasteiger partial charge in [0.05, 0.1) is 13.0 Å². The van der Waals surface area contributed by atoms with Gasteiger partial charge in [-0.05, 0) is 46.7 Å². The molecule has 0 bridgehead atoms. The maximum absolute atomic E-state index is 15.0. The highest BCUT2D eigenvalue weighted by Crippen LogP contribution is 2.29. The van der Waals surface area contributed by atoms with Gasteiger partial charge in [-0.15, -0.1) is 0 Å². The van der Waals surface area contributed by atoms with Crippen LogP contribution < -0.4 is 4.74 Å². The van der Waals surface area contributed by atoms with Crippen molar-refractivity contribution in [2.45, 2.75) is 6.42 Å². The third-order valence-corrected chi connectivity index (χ3v) is 6.48. The van der Waals surface area contributed by atoms with Gasteiger partial charge in [0.15, 0.2) is 5.78 Å². The lowest BCUT2D eigenvalue weighted by Crippen LogP contribution is -2.36. The smallest absolute Gasteiger partial charge is 0.329 e. The molecule has 0 unspecified atom stereocenters. The molecule has 5 rings (SSSR count). The third-order valence-electron chi connectivity index (χ3n) is 6.48. The number of hydrogen-bond acceptors (Lipinski definition) is 8. The Morgan fingerprint density at radius 3 is 2.05 bits per heavy atom. The first-order valence-electron chi connectivity index (χ1n) is 12.9. The van der Waals surface area contributed by atoms with Gasteiger partial charge in [-0.3, -0.25) is 38.6 Å². The van der Waals surface area contributed by atoms with Crippen molar-refractivity contribution in [3.05, 3.63) is 90.3 Å². The van der Waals surface area contributed by atoms with Crippen LogP contribution in [-0.2, 0) is 33.5 Å². The number of halogens is 1. The van der Waals surface area contributed by atoms with E-state index in [1.165, 1.54) is 12.1 Å². The Kier molecular flexibility index (Phi) is 8.20. The quantitative estimate of drug-likeness (QED) is 0.164. The van der Waals surface area contributed by atoms with Crippen molar-refractivity contribution >= 4 is 46.2 Å². The summed E-state index contributed by atoms with van der Waals surface area (Å²) < 4.78 is 25.1. The molecule has 0 radical (unpaired) electrons. The summed E-state index contributed by atoms with van der Waals surface area (Å²) in [6, 6.07) is 15.0. The number of amides is 4. The van der Waals surface area contributed by atoms with Crippen molar-refractivity contribution in [1.82, 2.24) is 9.80 Å².